The quantitative estimate of drug-likeness (QED) is 0.594. The number of aromatic nitrogens is 2. The Kier molecular flexibility index (Phi) is 3.43. The lowest BCUT2D eigenvalue weighted by atomic mass is 10.4. The van der Waals surface area contributed by atoms with Gasteiger partial charge in [0, 0.05) is 10.7 Å². The molecular formula is C8H3BrClF3N2O3S. The van der Waals surface area contributed by atoms with Crippen LogP contribution in [0.3, 0.4) is 0 Å². The van der Waals surface area contributed by atoms with E-state index in [0.717, 1.165) is 16.8 Å². The van der Waals surface area contributed by atoms with Crippen molar-refractivity contribution in [3.8, 4) is 5.75 Å². The highest BCUT2D eigenvalue weighted by molar-refractivity contribution is 9.10. The maximum absolute atomic E-state index is 12.3. The van der Waals surface area contributed by atoms with Crippen LogP contribution in [0.5, 0.6) is 5.75 Å². The maximum Gasteiger partial charge on any atom is 0.534 e. The van der Waals surface area contributed by atoms with Crippen LogP contribution in [0.1, 0.15) is 0 Å². The Morgan fingerprint density at radius 1 is 1.42 bits per heavy atom. The molecule has 0 amide bonds. The molecule has 0 N–H and O–H groups in total. The van der Waals surface area contributed by atoms with E-state index in [0.29, 0.717) is 0 Å². The Morgan fingerprint density at radius 3 is 2.63 bits per heavy atom. The summed E-state index contributed by atoms with van der Waals surface area (Å²) in [5, 5.41) is 3.69. The molecule has 11 heteroatoms. The number of halogens is 5. The van der Waals surface area contributed by atoms with E-state index in [-0.39, 0.29) is 15.0 Å². The van der Waals surface area contributed by atoms with Crippen LogP contribution in [0, 0.1) is 0 Å². The van der Waals surface area contributed by atoms with Crippen molar-refractivity contribution in [3.05, 3.63) is 28.0 Å². The first-order valence-electron chi connectivity index (χ1n) is 4.45. The maximum atomic E-state index is 12.3. The molecule has 0 radical (unpaired) electrons. The Bertz CT molecular complexity index is 744. The van der Waals surface area contributed by atoms with E-state index in [9.17, 15) is 21.6 Å². The second-order valence-electron chi connectivity index (χ2n) is 3.29. The number of pyridine rings is 1. The Labute approximate surface area is 118 Å². The summed E-state index contributed by atoms with van der Waals surface area (Å²) in [6, 6.07) is 1.05. The standard InChI is InChI=1S/C8H3BrClF3N2O3S/c9-4-1-6(18-19(16,17)8(11,12)13)7-5(10)2-14-15(7)3-4/h1-3H. The highest BCUT2D eigenvalue weighted by Gasteiger charge is 2.48. The van der Waals surface area contributed by atoms with Gasteiger partial charge in [-0.15, -0.1) is 0 Å². The van der Waals surface area contributed by atoms with Crippen molar-refractivity contribution in [1.29, 1.82) is 0 Å². The van der Waals surface area contributed by atoms with Gasteiger partial charge in [0.1, 0.15) is 5.52 Å². The van der Waals surface area contributed by atoms with Crippen LogP contribution < -0.4 is 4.18 Å². The van der Waals surface area contributed by atoms with E-state index in [1.807, 2.05) is 0 Å². The zero-order valence-electron chi connectivity index (χ0n) is 8.65. The number of nitrogens with zero attached hydrogens (tertiary/aromatic N) is 2. The van der Waals surface area contributed by atoms with Crippen molar-refractivity contribution in [2.45, 2.75) is 5.51 Å². The third kappa shape index (κ3) is 2.65. The average molecular weight is 380 g/mol. The highest BCUT2D eigenvalue weighted by Crippen LogP contribution is 2.34. The largest absolute Gasteiger partial charge is 0.534 e. The van der Waals surface area contributed by atoms with Crippen LogP contribution in [0.25, 0.3) is 5.52 Å². The summed E-state index contributed by atoms with van der Waals surface area (Å²) in [5.41, 5.74) is -5.61. The van der Waals surface area contributed by atoms with Gasteiger partial charge in [0.25, 0.3) is 0 Å². The molecule has 0 spiro atoms. The predicted octanol–water partition coefficient (Wildman–Crippen LogP) is 2.98. The zero-order chi connectivity index (χ0) is 14.4. The molecule has 0 fully saturated rings. The smallest absolute Gasteiger partial charge is 0.374 e. The van der Waals surface area contributed by atoms with Gasteiger partial charge in [-0.05, 0) is 22.0 Å². The molecule has 0 aliphatic carbocycles. The van der Waals surface area contributed by atoms with Crippen molar-refractivity contribution in [2.75, 3.05) is 0 Å². The van der Waals surface area contributed by atoms with Crippen LogP contribution in [-0.4, -0.2) is 23.5 Å². The van der Waals surface area contributed by atoms with Crippen LogP contribution >= 0.6 is 27.5 Å². The summed E-state index contributed by atoms with van der Waals surface area (Å²) in [5.74, 6) is -0.575. The van der Waals surface area contributed by atoms with E-state index in [1.165, 1.54) is 6.20 Å². The Balaban J connectivity index is 2.61. The van der Waals surface area contributed by atoms with Gasteiger partial charge in [0.2, 0.25) is 0 Å². The lowest BCUT2D eigenvalue weighted by molar-refractivity contribution is -0.0499. The fraction of sp³-hybridized carbons (Fsp3) is 0.125. The minimum Gasteiger partial charge on any atom is -0.374 e. The number of rotatable bonds is 2. The van der Waals surface area contributed by atoms with E-state index in [1.54, 1.807) is 0 Å². The zero-order valence-corrected chi connectivity index (χ0v) is 11.8. The first kappa shape index (κ1) is 14.4. The number of fused-ring (bicyclic) bond motifs is 1. The monoisotopic (exact) mass is 378 g/mol. The van der Waals surface area contributed by atoms with Gasteiger partial charge in [-0.25, -0.2) is 4.52 Å². The fourth-order valence-corrected chi connectivity index (χ4v) is 2.33. The molecule has 2 heterocycles. The molecule has 0 bridgehead atoms. The molecule has 0 aliphatic rings. The Morgan fingerprint density at radius 2 is 2.05 bits per heavy atom. The van der Waals surface area contributed by atoms with Crippen molar-refractivity contribution in [3.63, 3.8) is 0 Å². The molecule has 5 nitrogen and oxygen atoms in total. The molecule has 2 aromatic heterocycles. The van der Waals surface area contributed by atoms with E-state index < -0.39 is 21.4 Å². The molecule has 0 atom stereocenters. The van der Waals surface area contributed by atoms with Gasteiger partial charge in [0.05, 0.1) is 11.2 Å². The van der Waals surface area contributed by atoms with E-state index >= 15 is 0 Å². The summed E-state index contributed by atoms with van der Waals surface area (Å²) in [6.45, 7) is 0. The minimum atomic E-state index is -5.77. The van der Waals surface area contributed by atoms with Gasteiger partial charge in [-0.1, -0.05) is 11.6 Å². The molecule has 0 aromatic carbocycles. The molecule has 2 aromatic rings. The molecule has 0 saturated carbocycles. The third-order valence-electron chi connectivity index (χ3n) is 1.98. The van der Waals surface area contributed by atoms with Crippen LogP contribution in [0.15, 0.2) is 22.9 Å². The number of hydrogen-bond acceptors (Lipinski definition) is 4. The molecule has 0 saturated heterocycles. The van der Waals surface area contributed by atoms with Gasteiger partial charge in [0.15, 0.2) is 5.75 Å². The first-order valence-corrected chi connectivity index (χ1v) is 7.03. The normalized spacial score (nSPS) is 12.9. The van der Waals surface area contributed by atoms with Gasteiger partial charge in [-0.3, -0.25) is 0 Å². The lowest BCUT2D eigenvalue weighted by Crippen LogP contribution is -2.28. The second-order valence-corrected chi connectivity index (χ2v) is 6.15. The molecule has 0 aliphatic heterocycles. The molecule has 0 unspecified atom stereocenters. The number of hydrogen-bond donors (Lipinski definition) is 0. The second kappa shape index (κ2) is 4.53. The lowest BCUT2D eigenvalue weighted by Gasteiger charge is -2.10. The molecular weight excluding hydrogens is 377 g/mol. The van der Waals surface area contributed by atoms with Gasteiger partial charge in [-0.2, -0.15) is 26.7 Å². The van der Waals surface area contributed by atoms with Crippen molar-refractivity contribution >= 4 is 43.2 Å². The number of alkyl halides is 3. The van der Waals surface area contributed by atoms with Crippen LogP contribution in [0.4, 0.5) is 13.2 Å². The van der Waals surface area contributed by atoms with Crippen molar-refractivity contribution in [2.24, 2.45) is 0 Å². The summed E-state index contributed by atoms with van der Waals surface area (Å²) in [7, 11) is -5.77. The fourth-order valence-electron chi connectivity index (χ4n) is 1.25. The highest BCUT2D eigenvalue weighted by atomic mass is 79.9. The third-order valence-corrected chi connectivity index (χ3v) is 3.66. The van der Waals surface area contributed by atoms with Crippen LogP contribution in [0.2, 0.25) is 5.02 Å². The van der Waals surface area contributed by atoms with Gasteiger partial charge < -0.3 is 4.18 Å². The van der Waals surface area contributed by atoms with Crippen molar-refractivity contribution in [1.82, 2.24) is 9.61 Å². The molecule has 2 rings (SSSR count). The van der Waals surface area contributed by atoms with Crippen molar-refractivity contribution < 1.29 is 25.8 Å². The average Bonchev–Trinajstić information content (AvgIpc) is 2.57. The predicted molar refractivity (Wildman–Crippen MR) is 63.5 cm³/mol. The first-order chi connectivity index (χ1) is 8.62. The summed E-state index contributed by atoms with van der Waals surface area (Å²) >= 11 is 8.71. The van der Waals surface area contributed by atoms with E-state index in [4.69, 9.17) is 11.6 Å². The Hall–Kier alpha value is -1.00. The van der Waals surface area contributed by atoms with E-state index in [2.05, 4.69) is 25.2 Å². The summed E-state index contributed by atoms with van der Waals surface area (Å²) < 4.78 is 64.2. The summed E-state index contributed by atoms with van der Waals surface area (Å²) in [6.07, 6.45) is 2.53. The SMILES string of the molecule is O=S(=O)(Oc1cc(Br)cn2ncc(Cl)c12)C(F)(F)F. The minimum absolute atomic E-state index is 0.0418. The molecule has 19 heavy (non-hydrogen) atoms. The summed E-state index contributed by atoms with van der Waals surface area (Å²) in [4.78, 5) is 0. The van der Waals surface area contributed by atoms with Crippen LogP contribution in [-0.2, 0) is 10.1 Å². The molecule has 104 valence electrons. The van der Waals surface area contributed by atoms with Gasteiger partial charge >= 0.3 is 15.6 Å². The topological polar surface area (TPSA) is 60.7 Å².